The molecule has 0 N–H and O–H groups in total. The van der Waals surface area contributed by atoms with E-state index in [0.717, 1.165) is 0 Å². The fraction of sp³-hybridized carbons (Fsp3) is 0.538. The van der Waals surface area contributed by atoms with Gasteiger partial charge in [0.25, 0.3) is 0 Å². The van der Waals surface area contributed by atoms with Gasteiger partial charge in [0.15, 0.2) is 0 Å². The lowest BCUT2D eigenvalue weighted by molar-refractivity contribution is 0.535. The number of rotatable bonds is 0. The molecule has 3 aliphatic rings. The summed E-state index contributed by atoms with van der Waals surface area (Å²) in [6.45, 7) is 36.1. The van der Waals surface area contributed by atoms with Crippen molar-refractivity contribution in [2.45, 2.75) is 136 Å². The molecule has 3 heterocycles. The normalized spacial score (nSPS) is 19.4. The Morgan fingerprint density at radius 1 is 0.375 bits per heavy atom. The second kappa shape index (κ2) is 7.45. The molecule has 3 aromatic rings. The van der Waals surface area contributed by atoms with Crippen molar-refractivity contribution in [1.82, 2.24) is 0 Å². The first-order valence-electron chi connectivity index (χ1n) is 15.4. The van der Waals surface area contributed by atoms with Crippen molar-refractivity contribution < 1.29 is 0 Å². The molecule has 0 saturated heterocycles. The summed E-state index contributed by atoms with van der Waals surface area (Å²) in [4.78, 5) is 2.72. The highest BCUT2D eigenvalue weighted by atomic mass is 15.2. The predicted octanol–water partition coefficient (Wildman–Crippen LogP) is 11.0. The summed E-state index contributed by atoms with van der Waals surface area (Å²) in [5.74, 6) is 0. The molecule has 0 atom stereocenters. The van der Waals surface area contributed by atoms with E-state index >= 15 is 0 Å². The maximum absolute atomic E-state index is 2.72. The molecule has 0 saturated carbocycles. The number of nitrogens with zero attached hydrogens (tertiary/aromatic N) is 1. The van der Waals surface area contributed by atoms with E-state index in [0.29, 0.717) is 0 Å². The molecule has 0 fully saturated rings. The van der Waals surface area contributed by atoms with E-state index < -0.39 is 0 Å². The fourth-order valence-corrected chi connectivity index (χ4v) is 7.55. The molecule has 1 nitrogen and oxygen atoms in total. The molecule has 3 aromatic carbocycles. The van der Waals surface area contributed by atoms with Crippen molar-refractivity contribution in [3.8, 4) is 0 Å². The Morgan fingerprint density at radius 3 is 0.700 bits per heavy atom. The molecule has 3 aliphatic heterocycles. The highest BCUT2D eigenvalue weighted by Gasteiger charge is 2.52. The topological polar surface area (TPSA) is 3.24 Å². The van der Waals surface area contributed by atoms with Crippen molar-refractivity contribution in [3.63, 3.8) is 0 Å². The lowest BCUT2D eigenvalue weighted by atomic mass is 9.58. The molecule has 6 rings (SSSR count). The standard InChI is InChI=1S/C39H51N/c1-34(2,3)22-16-25-31-26(17-22)38(12,13)28-19-24(36(7,8)9)21-30-33(28)40(31)32-27(37(25,10)11)18-23(35(4,5)6)20-29(32)39(30,14)15/h16-21H,1-15H3. The Balaban J connectivity index is 1.87. The van der Waals surface area contributed by atoms with Gasteiger partial charge < -0.3 is 4.90 Å². The molecule has 0 unspecified atom stereocenters. The Kier molecular flexibility index (Phi) is 5.14. The molecule has 0 aromatic heterocycles. The van der Waals surface area contributed by atoms with E-state index in [9.17, 15) is 0 Å². The summed E-state index contributed by atoms with van der Waals surface area (Å²) in [6, 6.07) is 15.3. The van der Waals surface area contributed by atoms with E-state index in [1.54, 1.807) is 0 Å². The summed E-state index contributed by atoms with van der Waals surface area (Å²) in [5.41, 5.74) is 17.3. The van der Waals surface area contributed by atoms with Crippen molar-refractivity contribution >= 4 is 17.1 Å². The van der Waals surface area contributed by atoms with Crippen LogP contribution in [0, 0.1) is 0 Å². The third-order valence-corrected chi connectivity index (χ3v) is 10.6. The zero-order chi connectivity index (χ0) is 29.7. The average molecular weight is 534 g/mol. The Labute approximate surface area is 244 Å². The first-order chi connectivity index (χ1) is 18.0. The second-order valence-electron chi connectivity index (χ2n) is 17.7. The van der Waals surface area contributed by atoms with Crippen LogP contribution in [0.15, 0.2) is 36.4 Å². The number of hydrogen-bond donors (Lipinski definition) is 0. The first kappa shape index (κ1) is 27.6. The minimum atomic E-state index is -0.111. The van der Waals surface area contributed by atoms with Gasteiger partial charge in [-0.15, -0.1) is 0 Å². The van der Waals surface area contributed by atoms with Gasteiger partial charge in [0, 0.05) is 16.2 Å². The van der Waals surface area contributed by atoms with E-state index in [-0.39, 0.29) is 32.5 Å². The lowest BCUT2D eigenvalue weighted by Gasteiger charge is -2.56. The smallest absolute Gasteiger partial charge is 0.0544 e. The van der Waals surface area contributed by atoms with Crippen LogP contribution in [0.1, 0.15) is 154 Å². The van der Waals surface area contributed by atoms with Crippen LogP contribution in [-0.2, 0) is 32.5 Å². The molecule has 0 amide bonds. The number of hydrogen-bond acceptors (Lipinski definition) is 1. The van der Waals surface area contributed by atoms with Gasteiger partial charge in [-0.2, -0.15) is 0 Å². The van der Waals surface area contributed by atoms with E-state index in [1.165, 1.54) is 67.1 Å². The average Bonchev–Trinajstić information content (AvgIpc) is 2.79. The molecule has 0 aliphatic carbocycles. The molecular formula is C39H51N. The summed E-state index contributed by atoms with van der Waals surface area (Å²) in [7, 11) is 0. The minimum absolute atomic E-state index is 0.0684. The molecular weight excluding hydrogens is 482 g/mol. The maximum Gasteiger partial charge on any atom is 0.0544 e. The van der Waals surface area contributed by atoms with Crippen LogP contribution in [0.25, 0.3) is 0 Å². The SMILES string of the molecule is CC(C)(C)c1cc2c3c(c1)C(C)(C)c1cc(C(C)(C)C)cc4c1N3c1c(cc(C(C)(C)C)cc1C4(C)C)C2(C)C. The molecule has 40 heavy (non-hydrogen) atoms. The highest BCUT2D eigenvalue weighted by molar-refractivity contribution is 5.98. The summed E-state index contributed by atoms with van der Waals surface area (Å²) in [5, 5.41) is 0. The van der Waals surface area contributed by atoms with Crippen LogP contribution in [-0.4, -0.2) is 0 Å². The first-order valence-corrected chi connectivity index (χ1v) is 15.4. The molecule has 0 radical (unpaired) electrons. The van der Waals surface area contributed by atoms with Crippen LogP contribution in [0.2, 0.25) is 0 Å². The van der Waals surface area contributed by atoms with Gasteiger partial charge in [0.1, 0.15) is 0 Å². The minimum Gasteiger partial charge on any atom is -0.309 e. The zero-order valence-electron chi connectivity index (χ0n) is 27.9. The van der Waals surface area contributed by atoms with Gasteiger partial charge in [0.05, 0.1) is 17.1 Å². The zero-order valence-corrected chi connectivity index (χ0v) is 27.9. The van der Waals surface area contributed by atoms with Crippen molar-refractivity contribution in [2.75, 3.05) is 4.90 Å². The summed E-state index contributed by atoms with van der Waals surface area (Å²) < 4.78 is 0. The van der Waals surface area contributed by atoms with Gasteiger partial charge in [-0.25, -0.2) is 0 Å². The van der Waals surface area contributed by atoms with Gasteiger partial charge in [-0.1, -0.05) is 140 Å². The Hall–Kier alpha value is -2.54. The third kappa shape index (κ3) is 3.39. The Bertz CT molecular complexity index is 1330. The van der Waals surface area contributed by atoms with Crippen LogP contribution in [0.5, 0.6) is 0 Å². The van der Waals surface area contributed by atoms with Crippen molar-refractivity contribution in [1.29, 1.82) is 0 Å². The van der Waals surface area contributed by atoms with E-state index in [1.807, 2.05) is 0 Å². The van der Waals surface area contributed by atoms with E-state index in [4.69, 9.17) is 0 Å². The number of benzene rings is 3. The van der Waals surface area contributed by atoms with Crippen LogP contribution in [0.4, 0.5) is 17.1 Å². The molecule has 0 spiro atoms. The van der Waals surface area contributed by atoms with Crippen molar-refractivity contribution in [3.05, 3.63) is 86.5 Å². The van der Waals surface area contributed by atoms with Crippen LogP contribution >= 0.6 is 0 Å². The van der Waals surface area contributed by atoms with Gasteiger partial charge in [0.2, 0.25) is 0 Å². The number of anilines is 3. The third-order valence-electron chi connectivity index (χ3n) is 10.6. The molecule has 212 valence electrons. The van der Waals surface area contributed by atoms with E-state index in [2.05, 4.69) is 145 Å². The monoisotopic (exact) mass is 533 g/mol. The van der Waals surface area contributed by atoms with Gasteiger partial charge in [-0.3, -0.25) is 0 Å². The van der Waals surface area contributed by atoms with Gasteiger partial charge >= 0.3 is 0 Å². The van der Waals surface area contributed by atoms with Crippen LogP contribution < -0.4 is 4.90 Å². The maximum atomic E-state index is 2.72. The Morgan fingerprint density at radius 2 is 0.550 bits per heavy atom. The second-order valence-corrected chi connectivity index (χ2v) is 17.7. The highest BCUT2D eigenvalue weighted by Crippen LogP contribution is 2.67. The lowest BCUT2D eigenvalue weighted by Crippen LogP contribution is -2.44. The predicted molar refractivity (Wildman–Crippen MR) is 174 cm³/mol. The molecule has 0 bridgehead atoms. The largest absolute Gasteiger partial charge is 0.309 e. The summed E-state index contributed by atoms with van der Waals surface area (Å²) in [6.07, 6.45) is 0. The molecule has 1 heteroatoms. The van der Waals surface area contributed by atoms with Crippen LogP contribution in [0.3, 0.4) is 0 Å². The summed E-state index contributed by atoms with van der Waals surface area (Å²) >= 11 is 0. The fourth-order valence-electron chi connectivity index (χ4n) is 7.55. The quantitative estimate of drug-likeness (QED) is 0.278. The van der Waals surface area contributed by atoms with Crippen molar-refractivity contribution in [2.24, 2.45) is 0 Å². The van der Waals surface area contributed by atoms with Gasteiger partial charge in [-0.05, 0) is 66.3 Å².